The molecule has 7 heteroatoms. The molecule has 0 atom stereocenters. The molecule has 1 saturated heterocycles. The summed E-state index contributed by atoms with van der Waals surface area (Å²) in [7, 11) is 0. The van der Waals surface area contributed by atoms with Crippen molar-refractivity contribution < 1.29 is 14.0 Å². The quantitative estimate of drug-likeness (QED) is 0.704. The Hall–Kier alpha value is -1.99. The van der Waals surface area contributed by atoms with Crippen molar-refractivity contribution in [2.24, 2.45) is 0 Å². The van der Waals surface area contributed by atoms with Crippen LogP contribution in [0.2, 0.25) is 0 Å². The van der Waals surface area contributed by atoms with Crippen molar-refractivity contribution in [3.05, 3.63) is 35.6 Å². The summed E-state index contributed by atoms with van der Waals surface area (Å²) in [5.74, 6) is -0.167. The molecule has 0 aliphatic carbocycles. The number of halogens is 1. The van der Waals surface area contributed by atoms with E-state index in [1.54, 1.807) is 11.0 Å². The Morgan fingerprint density at radius 2 is 1.78 bits per heavy atom. The first kappa shape index (κ1) is 21.3. The van der Waals surface area contributed by atoms with Crippen LogP contribution in [0.4, 0.5) is 4.39 Å². The molecule has 1 heterocycles. The summed E-state index contributed by atoms with van der Waals surface area (Å²) in [6.45, 7) is 9.57. The third-order valence-corrected chi connectivity index (χ3v) is 4.76. The summed E-state index contributed by atoms with van der Waals surface area (Å²) in [5, 5.41) is 2.89. The van der Waals surface area contributed by atoms with Gasteiger partial charge in [-0.05, 0) is 31.0 Å². The van der Waals surface area contributed by atoms with E-state index in [1.807, 2.05) is 19.9 Å². The number of benzene rings is 1. The standard InChI is InChI=1S/C20H31FN4O2/c1-3-8-22-19(26)15-23-9-11-24(12-10-23)16-20(27)25(4-2)14-17-6-5-7-18(21)13-17/h5-7,13H,3-4,8-12,14-16H2,1-2H3,(H,22,26). The van der Waals surface area contributed by atoms with Gasteiger partial charge in [-0.3, -0.25) is 19.4 Å². The number of hydrogen-bond donors (Lipinski definition) is 1. The summed E-state index contributed by atoms with van der Waals surface area (Å²) < 4.78 is 13.3. The fraction of sp³-hybridized carbons (Fsp3) is 0.600. The molecule has 0 unspecified atom stereocenters. The molecular weight excluding hydrogens is 347 g/mol. The molecule has 0 radical (unpaired) electrons. The number of hydrogen-bond acceptors (Lipinski definition) is 4. The zero-order chi connectivity index (χ0) is 19.6. The van der Waals surface area contributed by atoms with Crippen molar-refractivity contribution in [3.8, 4) is 0 Å². The van der Waals surface area contributed by atoms with Crippen LogP contribution in [0.1, 0.15) is 25.8 Å². The lowest BCUT2D eigenvalue weighted by Crippen LogP contribution is -2.51. The number of carbonyl (C=O) groups is 2. The molecule has 150 valence electrons. The lowest BCUT2D eigenvalue weighted by Gasteiger charge is -2.35. The van der Waals surface area contributed by atoms with E-state index in [2.05, 4.69) is 15.1 Å². The van der Waals surface area contributed by atoms with E-state index in [1.165, 1.54) is 12.1 Å². The molecule has 0 bridgehead atoms. The predicted molar refractivity (Wildman–Crippen MR) is 104 cm³/mol. The number of amides is 2. The Labute approximate surface area is 161 Å². The molecule has 1 aliphatic heterocycles. The molecule has 0 saturated carbocycles. The van der Waals surface area contributed by atoms with Gasteiger partial charge in [0, 0.05) is 45.8 Å². The predicted octanol–water partition coefficient (Wildman–Crippen LogP) is 1.32. The largest absolute Gasteiger partial charge is 0.355 e. The van der Waals surface area contributed by atoms with Crippen molar-refractivity contribution in [1.29, 1.82) is 0 Å². The summed E-state index contributed by atoms with van der Waals surface area (Å²) in [6, 6.07) is 6.38. The fourth-order valence-corrected chi connectivity index (χ4v) is 3.15. The van der Waals surface area contributed by atoms with Gasteiger partial charge in [-0.2, -0.15) is 0 Å². The summed E-state index contributed by atoms with van der Waals surface area (Å²) >= 11 is 0. The first-order valence-corrected chi connectivity index (χ1v) is 9.75. The Morgan fingerprint density at radius 3 is 2.37 bits per heavy atom. The van der Waals surface area contributed by atoms with E-state index in [9.17, 15) is 14.0 Å². The molecule has 1 aromatic carbocycles. The molecule has 1 N–H and O–H groups in total. The molecule has 1 aromatic rings. The molecule has 1 aliphatic rings. The van der Waals surface area contributed by atoms with Crippen LogP contribution in [0.5, 0.6) is 0 Å². The summed E-state index contributed by atoms with van der Waals surface area (Å²) in [5.41, 5.74) is 0.799. The Morgan fingerprint density at radius 1 is 1.11 bits per heavy atom. The van der Waals surface area contributed by atoms with Gasteiger partial charge in [-0.15, -0.1) is 0 Å². The van der Waals surface area contributed by atoms with Crippen molar-refractivity contribution in [3.63, 3.8) is 0 Å². The lowest BCUT2D eigenvalue weighted by molar-refractivity contribution is -0.133. The normalized spacial score (nSPS) is 15.5. The Kier molecular flexibility index (Phi) is 8.67. The minimum Gasteiger partial charge on any atom is -0.355 e. The van der Waals surface area contributed by atoms with Crippen LogP contribution >= 0.6 is 0 Å². The molecular formula is C20H31FN4O2. The van der Waals surface area contributed by atoms with Crippen LogP contribution in [0.3, 0.4) is 0 Å². The van der Waals surface area contributed by atoms with E-state index >= 15 is 0 Å². The number of nitrogens with zero attached hydrogens (tertiary/aromatic N) is 3. The third-order valence-electron chi connectivity index (χ3n) is 4.76. The van der Waals surface area contributed by atoms with Gasteiger partial charge in [0.15, 0.2) is 0 Å². The number of rotatable bonds is 9. The van der Waals surface area contributed by atoms with Gasteiger partial charge >= 0.3 is 0 Å². The smallest absolute Gasteiger partial charge is 0.237 e. The van der Waals surface area contributed by atoms with Crippen molar-refractivity contribution in [2.75, 3.05) is 52.4 Å². The summed E-state index contributed by atoms with van der Waals surface area (Å²) in [6.07, 6.45) is 0.936. The average Bonchev–Trinajstić information content (AvgIpc) is 2.66. The van der Waals surface area contributed by atoms with Gasteiger partial charge in [-0.1, -0.05) is 19.1 Å². The third kappa shape index (κ3) is 7.27. The van der Waals surface area contributed by atoms with E-state index in [0.29, 0.717) is 32.7 Å². The van der Waals surface area contributed by atoms with Gasteiger partial charge in [-0.25, -0.2) is 4.39 Å². The van der Waals surface area contributed by atoms with E-state index in [-0.39, 0.29) is 17.6 Å². The second kappa shape index (κ2) is 11.0. The maximum Gasteiger partial charge on any atom is 0.237 e. The molecule has 0 aromatic heterocycles. The molecule has 2 rings (SSSR count). The van der Waals surface area contributed by atoms with Crippen LogP contribution < -0.4 is 5.32 Å². The topological polar surface area (TPSA) is 55.9 Å². The van der Waals surface area contributed by atoms with Crippen molar-refractivity contribution >= 4 is 11.8 Å². The first-order valence-electron chi connectivity index (χ1n) is 9.75. The molecule has 6 nitrogen and oxygen atoms in total. The summed E-state index contributed by atoms with van der Waals surface area (Å²) in [4.78, 5) is 30.4. The van der Waals surface area contributed by atoms with Crippen molar-refractivity contribution in [1.82, 2.24) is 20.0 Å². The Balaban J connectivity index is 1.76. The van der Waals surface area contributed by atoms with Gasteiger partial charge in [0.1, 0.15) is 5.82 Å². The van der Waals surface area contributed by atoms with Crippen LogP contribution in [0.25, 0.3) is 0 Å². The number of carbonyl (C=O) groups excluding carboxylic acids is 2. The van der Waals surface area contributed by atoms with Crippen molar-refractivity contribution in [2.45, 2.75) is 26.8 Å². The van der Waals surface area contributed by atoms with E-state index < -0.39 is 0 Å². The second-order valence-electron chi connectivity index (χ2n) is 6.94. The van der Waals surface area contributed by atoms with Gasteiger partial charge in [0.05, 0.1) is 13.1 Å². The SMILES string of the molecule is CCCNC(=O)CN1CCN(CC(=O)N(CC)Cc2cccc(F)c2)CC1. The molecule has 27 heavy (non-hydrogen) atoms. The van der Waals surface area contributed by atoms with Crippen LogP contribution in [0, 0.1) is 5.82 Å². The average molecular weight is 378 g/mol. The highest BCUT2D eigenvalue weighted by molar-refractivity contribution is 5.78. The molecule has 0 spiro atoms. The zero-order valence-electron chi connectivity index (χ0n) is 16.4. The second-order valence-corrected chi connectivity index (χ2v) is 6.94. The minimum absolute atomic E-state index is 0.0518. The maximum absolute atomic E-state index is 13.3. The van der Waals surface area contributed by atoms with Crippen LogP contribution in [-0.2, 0) is 16.1 Å². The zero-order valence-corrected chi connectivity index (χ0v) is 16.4. The molecule has 1 fully saturated rings. The van der Waals surface area contributed by atoms with Gasteiger partial charge in [0.25, 0.3) is 0 Å². The first-order chi connectivity index (χ1) is 13.0. The van der Waals surface area contributed by atoms with Crippen LogP contribution in [0.15, 0.2) is 24.3 Å². The number of likely N-dealkylation sites (N-methyl/N-ethyl adjacent to an activating group) is 1. The highest BCUT2D eigenvalue weighted by Crippen LogP contribution is 2.09. The number of piperazine rings is 1. The van der Waals surface area contributed by atoms with Gasteiger partial charge in [0.2, 0.25) is 11.8 Å². The Bertz CT molecular complexity index is 618. The maximum atomic E-state index is 13.3. The monoisotopic (exact) mass is 378 g/mol. The highest BCUT2D eigenvalue weighted by atomic mass is 19.1. The molecule has 2 amide bonds. The number of nitrogens with one attached hydrogen (secondary N) is 1. The van der Waals surface area contributed by atoms with Crippen LogP contribution in [-0.4, -0.2) is 78.9 Å². The van der Waals surface area contributed by atoms with E-state index in [0.717, 1.165) is 38.2 Å². The lowest BCUT2D eigenvalue weighted by atomic mass is 10.2. The minimum atomic E-state index is -0.282. The van der Waals surface area contributed by atoms with E-state index in [4.69, 9.17) is 0 Å². The van der Waals surface area contributed by atoms with Gasteiger partial charge < -0.3 is 10.2 Å². The fourth-order valence-electron chi connectivity index (χ4n) is 3.15. The highest BCUT2D eigenvalue weighted by Gasteiger charge is 2.22.